The number of hydrogen-bond donors (Lipinski definition) is 1. The van der Waals surface area contributed by atoms with E-state index in [4.69, 9.17) is 0 Å². The van der Waals surface area contributed by atoms with Crippen molar-refractivity contribution >= 4 is 5.91 Å². The minimum atomic E-state index is -0.222. The molecule has 0 aromatic carbocycles. The SMILES string of the molecule is CC1N=N[NH2+]C1=O. The van der Waals surface area contributed by atoms with Gasteiger partial charge in [0.1, 0.15) is 0 Å². The first kappa shape index (κ1) is 4.39. The summed E-state index contributed by atoms with van der Waals surface area (Å²) in [5.74, 6) is 0.000000000000000222. The number of carbonyl (C=O) groups excluding carboxylic acids is 1. The number of rotatable bonds is 0. The molecular formula is C3H6N3O+. The molecule has 0 bridgehead atoms. The third kappa shape index (κ3) is 0.640. The van der Waals surface area contributed by atoms with Crippen molar-refractivity contribution < 1.29 is 10.2 Å². The number of nitrogens with zero attached hydrogens (tertiary/aromatic N) is 2. The van der Waals surface area contributed by atoms with E-state index < -0.39 is 0 Å². The van der Waals surface area contributed by atoms with Crippen molar-refractivity contribution in [3.63, 3.8) is 0 Å². The van der Waals surface area contributed by atoms with Gasteiger partial charge in [-0.3, -0.25) is 0 Å². The number of carbonyl (C=O) groups is 1. The predicted molar refractivity (Wildman–Crippen MR) is 21.3 cm³/mol. The van der Waals surface area contributed by atoms with Gasteiger partial charge in [-0.05, 0) is 6.92 Å². The highest BCUT2D eigenvalue weighted by Crippen LogP contribution is 1.88. The lowest BCUT2D eigenvalue weighted by Crippen LogP contribution is -2.81. The molecule has 1 amide bonds. The van der Waals surface area contributed by atoms with Crippen LogP contribution in [0, 0.1) is 0 Å². The van der Waals surface area contributed by atoms with Crippen LogP contribution >= 0.6 is 0 Å². The molecule has 0 radical (unpaired) electrons. The van der Waals surface area contributed by atoms with Crippen LogP contribution < -0.4 is 5.43 Å². The summed E-state index contributed by atoms with van der Waals surface area (Å²) in [4.78, 5) is 10.3. The first-order valence-electron chi connectivity index (χ1n) is 2.08. The Morgan fingerprint density at radius 1 is 1.86 bits per heavy atom. The molecule has 1 heterocycles. The van der Waals surface area contributed by atoms with Gasteiger partial charge in [0, 0.05) is 5.22 Å². The zero-order chi connectivity index (χ0) is 5.28. The topological polar surface area (TPSA) is 58.4 Å². The van der Waals surface area contributed by atoms with Crippen molar-refractivity contribution in [3.8, 4) is 0 Å². The van der Waals surface area contributed by atoms with Crippen LogP contribution in [0.2, 0.25) is 0 Å². The highest BCUT2D eigenvalue weighted by molar-refractivity contribution is 5.72. The van der Waals surface area contributed by atoms with Gasteiger partial charge in [0.25, 0.3) is 0 Å². The summed E-state index contributed by atoms with van der Waals surface area (Å²) in [6.45, 7) is 1.72. The summed E-state index contributed by atoms with van der Waals surface area (Å²) < 4.78 is 0. The molecule has 0 spiro atoms. The number of quaternary nitrogens is 1. The number of hydrogen-bond acceptors (Lipinski definition) is 3. The molecule has 0 aliphatic carbocycles. The molecule has 7 heavy (non-hydrogen) atoms. The van der Waals surface area contributed by atoms with E-state index in [1.807, 2.05) is 0 Å². The summed E-state index contributed by atoms with van der Waals surface area (Å²) in [7, 11) is 0. The van der Waals surface area contributed by atoms with Crippen molar-refractivity contribution in [1.29, 1.82) is 0 Å². The third-order valence-electron chi connectivity index (χ3n) is 0.837. The van der Waals surface area contributed by atoms with Gasteiger partial charge < -0.3 is 0 Å². The molecule has 1 atom stereocenters. The van der Waals surface area contributed by atoms with E-state index in [0.29, 0.717) is 0 Å². The van der Waals surface area contributed by atoms with E-state index in [9.17, 15) is 4.79 Å². The lowest BCUT2D eigenvalue weighted by Gasteiger charge is -1.79. The Balaban J connectivity index is 2.62. The summed E-state index contributed by atoms with van der Waals surface area (Å²) >= 11 is 0. The quantitative estimate of drug-likeness (QED) is 0.384. The third-order valence-corrected chi connectivity index (χ3v) is 0.837. The Kier molecular flexibility index (Phi) is 0.867. The molecule has 1 aliphatic rings. The van der Waals surface area contributed by atoms with E-state index in [-0.39, 0.29) is 11.9 Å². The van der Waals surface area contributed by atoms with E-state index in [1.54, 1.807) is 6.92 Å². The molecular weight excluding hydrogens is 94.1 g/mol. The van der Waals surface area contributed by atoms with E-state index >= 15 is 0 Å². The average Bonchev–Trinajstić information content (AvgIpc) is 1.91. The minimum Gasteiger partial charge on any atom is -0.226 e. The smallest absolute Gasteiger partial charge is 0.226 e. The Labute approximate surface area is 40.6 Å². The minimum absolute atomic E-state index is 0.000000000000000222. The largest absolute Gasteiger partial charge is 0.364 e. The molecule has 0 saturated carbocycles. The molecule has 1 aliphatic heterocycles. The van der Waals surface area contributed by atoms with Gasteiger partial charge in [0.05, 0.1) is 0 Å². The Bertz CT molecular complexity index is 119. The highest BCUT2D eigenvalue weighted by Gasteiger charge is 2.21. The lowest BCUT2D eigenvalue weighted by molar-refractivity contribution is -0.572. The first-order chi connectivity index (χ1) is 3.30. The lowest BCUT2D eigenvalue weighted by atomic mass is 10.4. The maximum Gasteiger partial charge on any atom is 0.364 e. The Morgan fingerprint density at radius 3 is 2.71 bits per heavy atom. The van der Waals surface area contributed by atoms with Crippen LogP contribution in [0.25, 0.3) is 0 Å². The van der Waals surface area contributed by atoms with Crippen molar-refractivity contribution in [3.05, 3.63) is 0 Å². The van der Waals surface area contributed by atoms with Gasteiger partial charge in [0.2, 0.25) is 0 Å². The second-order valence-electron chi connectivity index (χ2n) is 1.44. The van der Waals surface area contributed by atoms with E-state index in [2.05, 4.69) is 10.3 Å². The molecule has 1 rings (SSSR count). The second-order valence-corrected chi connectivity index (χ2v) is 1.44. The van der Waals surface area contributed by atoms with Crippen LogP contribution in [-0.2, 0) is 4.79 Å². The molecule has 0 fully saturated rings. The van der Waals surface area contributed by atoms with Crippen LogP contribution in [0.4, 0.5) is 0 Å². The fraction of sp³-hybridized carbons (Fsp3) is 0.667. The van der Waals surface area contributed by atoms with Crippen molar-refractivity contribution in [1.82, 2.24) is 0 Å². The van der Waals surface area contributed by atoms with Crippen LogP contribution in [-0.4, -0.2) is 11.9 Å². The van der Waals surface area contributed by atoms with Crippen molar-refractivity contribution in [2.75, 3.05) is 0 Å². The molecule has 4 nitrogen and oxygen atoms in total. The molecule has 4 heteroatoms. The summed E-state index contributed by atoms with van der Waals surface area (Å²) in [5, 5.41) is 6.93. The normalized spacial score (nSPS) is 29.3. The second kappa shape index (κ2) is 1.38. The predicted octanol–water partition coefficient (Wildman–Crippen LogP) is -1.15. The van der Waals surface area contributed by atoms with Crippen LogP contribution in [0.3, 0.4) is 0 Å². The van der Waals surface area contributed by atoms with Gasteiger partial charge >= 0.3 is 5.91 Å². The molecule has 1 unspecified atom stereocenters. The molecule has 0 saturated heterocycles. The van der Waals surface area contributed by atoms with Gasteiger partial charge in [-0.2, -0.15) is 0 Å². The number of nitrogens with two attached hydrogens (primary N) is 1. The average molecular weight is 100 g/mol. The maximum atomic E-state index is 10.3. The first-order valence-corrected chi connectivity index (χ1v) is 2.08. The van der Waals surface area contributed by atoms with Crippen molar-refractivity contribution in [2.45, 2.75) is 13.0 Å². The van der Waals surface area contributed by atoms with Crippen LogP contribution in [0.15, 0.2) is 10.3 Å². The monoisotopic (exact) mass is 100 g/mol. The van der Waals surface area contributed by atoms with E-state index in [1.165, 1.54) is 5.43 Å². The van der Waals surface area contributed by atoms with Crippen LogP contribution in [0.5, 0.6) is 0 Å². The summed E-state index contributed by atoms with van der Waals surface area (Å²) in [5.41, 5.74) is 1.24. The fourth-order valence-corrected chi connectivity index (χ4v) is 0.355. The van der Waals surface area contributed by atoms with Crippen LogP contribution in [0.1, 0.15) is 6.92 Å². The Hall–Kier alpha value is -0.770. The fourth-order valence-electron chi connectivity index (χ4n) is 0.355. The highest BCUT2D eigenvalue weighted by atomic mass is 16.2. The Morgan fingerprint density at radius 2 is 2.57 bits per heavy atom. The van der Waals surface area contributed by atoms with Gasteiger partial charge in [-0.15, -0.1) is 10.5 Å². The molecule has 0 aromatic heterocycles. The molecule has 38 valence electrons. The number of amides is 1. The maximum absolute atomic E-state index is 10.3. The van der Waals surface area contributed by atoms with E-state index in [0.717, 1.165) is 0 Å². The summed E-state index contributed by atoms with van der Waals surface area (Å²) in [6, 6.07) is -0.222. The van der Waals surface area contributed by atoms with Gasteiger partial charge in [0.15, 0.2) is 6.04 Å². The molecule has 2 N–H and O–H groups in total. The van der Waals surface area contributed by atoms with Gasteiger partial charge in [-0.1, -0.05) is 0 Å². The standard InChI is InChI=1S/C3H5N3O/c1-2-3(7)5-6-4-2/h2H,1H3,(H,4,5,7)/p+1. The summed E-state index contributed by atoms with van der Waals surface area (Å²) in [6.07, 6.45) is 0. The van der Waals surface area contributed by atoms with Gasteiger partial charge in [-0.25, -0.2) is 4.79 Å². The van der Waals surface area contributed by atoms with Crippen molar-refractivity contribution in [2.24, 2.45) is 10.3 Å². The zero-order valence-corrected chi connectivity index (χ0v) is 3.96. The molecule has 0 aromatic rings. The number of primary amides is 1. The zero-order valence-electron chi connectivity index (χ0n) is 3.96.